The second-order valence-corrected chi connectivity index (χ2v) is 7.74. The van der Waals surface area contributed by atoms with Crippen molar-refractivity contribution in [2.45, 2.75) is 56.7 Å². The summed E-state index contributed by atoms with van der Waals surface area (Å²) in [5.74, 6) is -3.04. The largest absolute Gasteiger partial charge is 0.368 e. The number of amides is 5. The van der Waals surface area contributed by atoms with Crippen molar-refractivity contribution < 1.29 is 24.0 Å². The highest BCUT2D eigenvalue weighted by Crippen LogP contribution is 2.06. The summed E-state index contributed by atoms with van der Waals surface area (Å²) in [4.78, 5) is 60.5. The van der Waals surface area contributed by atoms with Gasteiger partial charge in [-0.25, -0.2) is 0 Å². The first-order valence-electron chi connectivity index (χ1n) is 10.9. The number of nitrogens with two attached hydrogens (primary N) is 4. The maximum absolute atomic E-state index is 12.9. The molecule has 0 spiro atoms. The summed E-state index contributed by atoms with van der Waals surface area (Å²) in [5, 5.41) is 9.97. The number of nitrogens with one attached hydrogen (secondary N) is 4. The minimum absolute atomic E-state index is 0.00314. The van der Waals surface area contributed by atoms with Crippen LogP contribution in [0.3, 0.4) is 0 Å². The second kappa shape index (κ2) is 18.1. The van der Waals surface area contributed by atoms with Crippen molar-refractivity contribution >= 4 is 42.2 Å². The Morgan fingerprint density at radius 3 is 1.61 bits per heavy atom. The Morgan fingerprint density at radius 1 is 0.697 bits per heavy atom. The summed E-state index contributed by atoms with van der Waals surface area (Å²) in [5.41, 5.74) is 21.5. The second-order valence-electron chi connectivity index (χ2n) is 7.38. The summed E-state index contributed by atoms with van der Waals surface area (Å²) in [6.07, 6.45) is 2.90. The first-order valence-corrected chi connectivity index (χ1v) is 11.5. The minimum Gasteiger partial charge on any atom is -0.368 e. The van der Waals surface area contributed by atoms with Gasteiger partial charge in [0.25, 0.3) is 0 Å². The molecule has 0 aromatic carbocycles. The lowest BCUT2D eigenvalue weighted by Crippen LogP contribution is -2.57. The lowest BCUT2D eigenvalue weighted by molar-refractivity contribution is -0.133. The lowest BCUT2D eigenvalue weighted by atomic mass is 10.0. The number of hydrogen-bond acceptors (Lipinski definition) is 9. The van der Waals surface area contributed by atoms with Gasteiger partial charge in [0.1, 0.15) is 18.1 Å². The number of carbonyl (C=O) groups excluding carboxylic acids is 5. The lowest BCUT2D eigenvalue weighted by Gasteiger charge is -2.24. The molecule has 0 aromatic rings. The molecule has 13 nitrogen and oxygen atoms in total. The van der Waals surface area contributed by atoms with E-state index in [1.807, 2.05) is 0 Å². The van der Waals surface area contributed by atoms with Crippen molar-refractivity contribution in [2.75, 3.05) is 31.9 Å². The van der Waals surface area contributed by atoms with Crippen molar-refractivity contribution in [3.05, 3.63) is 0 Å². The number of hydrogen-bond donors (Lipinski definition) is 9. The molecule has 14 heteroatoms. The molecule has 0 saturated carbocycles. The van der Waals surface area contributed by atoms with Crippen LogP contribution in [0.4, 0.5) is 0 Å². The minimum atomic E-state index is -0.999. The van der Waals surface area contributed by atoms with Gasteiger partial charge >= 0.3 is 0 Å². The number of carbonyl (C=O) groups is 5. The van der Waals surface area contributed by atoms with Gasteiger partial charge in [-0.15, -0.1) is 0 Å². The van der Waals surface area contributed by atoms with Crippen LogP contribution in [0.2, 0.25) is 0 Å². The molecule has 0 unspecified atom stereocenters. The maximum atomic E-state index is 12.9. The molecule has 0 radical (unpaired) electrons. The fourth-order valence-corrected chi connectivity index (χ4v) is 3.04. The van der Waals surface area contributed by atoms with Crippen molar-refractivity contribution in [1.29, 1.82) is 0 Å². The van der Waals surface area contributed by atoms with Crippen molar-refractivity contribution in [3.8, 4) is 0 Å². The van der Waals surface area contributed by atoms with Crippen LogP contribution in [0.25, 0.3) is 0 Å². The van der Waals surface area contributed by atoms with E-state index in [0.717, 1.165) is 0 Å². The van der Waals surface area contributed by atoms with Crippen LogP contribution in [0.5, 0.6) is 0 Å². The van der Waals surface area contributed by atoms with Gasteiger partial charge in [-0.2, -0.15) is 12.6 Å². The standard InChI is InChI=1S/C19H38N8O5S/c20-7-3-1-5-12(25-16(29)10-24-15(28)9-22)18(31)26-13(6-2-4-8-21)19(32)27-14(11-33)17(23)30/h12-14,33H,1-11,20-22H2,(H2,23,30)(H,24,28)(H,25,29)(H,26,31)(H,27,32)/t12-,13-,14-/m0/s1. The van der Waals surface area contributed by atoms with Crippen LogP contribution in [0.15, 0.2) is 0 Å². The summed E-state index contributed by atoms with van der Waals surface area (Å²) >= 11 is 4.00. The summed E-state index contributed by atoms with van der Waals surface area (Å²) in [7, 11) is 0. The van der Waals surface area contributed by atoms with Gasteiger partial charge in [0.15, 0.2) is 0 Å². The fourth-order valence-electron chi connectivity index (χ4n) is 2.77. The van der Waals surface area contributed by atoms with Gasteiger partial charge in [0.05, 0.1) is 13.1 Å². The molecule has 12 N–H and O–H groups in total. The number of thiol groups is 1. The molecule has 190 valence electrons. The predicted molar refractivity (Wildman–Crippen MR) is 127 cm³/mol. The Kier molecular flexibility index (Phi) is 16.7. The zero-order valence-electron chi connectivity index (χ0n) is 18.8. The molecule has 0 heterocycles. The summed E-state index contributed by atoms with van der Waals surface area (Å²) in [6, 6.07) is -2.93. The van der Waals surface area contributed by atoms with Crippen LogP contribution in [0.1, 0.15) is 38.5 Å². The molecular weight excluding hydrogens is 452 g/mol. The van der Waals surface area contributed by atoms with Crippen molar-refractivity contribution in [3.63, 3.8) is 0 Å². The first kappa shape index (κ1) is 30.6. The van der Waals surface area contributed by atoms with E-state index < -0.39 is 47.7 Å². The van der Waals surface area contributed by atoms with E-state index in [4.69, 9.17) is 22.9 Å². The van der Waals surface area contributed by atoms with Crippen molar-refractivity contribution in [1.82, 2.24) is 21.3 Å². The quantitative estimate of drug-likeness (QED) is 0.0680. The number of primary amides is 1. The Labute approximate surface area is 199 Å². The molecule has 0 bridgehead atoms. The Morgan fingerprint density at radius 2 is 1.18 bits per heavy atom. The van der Waals surface area contributed by atoms with Crippen LogP contribution < -0.4 is 44.2 Å². The average molecular weight is 491 g/mol. The molecule has 0 aromatic heterocycles. The molecule has 0 aliphatic heterocycles. The summed E-state index contributed by atoms with van der Waals surface area (Å²) < 4.78 is 0. The molecule has 0 rings (SSSR count). The molecule has 0 saturated heterocycles. The molecule has 3 atom stereocenters. The maximum Gasteiger partial charge on any atom is 0.243 e. The third-order valence-electron chi connectivity index (χ3n) is 4.65. The van der Waals surface area contributed by atoms with Gasteiger partial charge < -0.3 is 44.2 Å². The molecule has 0 fully saturated rings. The normalized spacial score (nSPS) is 13.3. The van der Waals surface area contributed by atoms with Gasteiger partial charge in [0.2, 0.25) is 29.5 Å². The Bertz CT molecular complexity index is 652. The topological polar surface area (TPSA) is 238 Å². The molecule has 0 aliphatic carbocycles. The van der Waals surface area contributed by atoms with Gasteiger partial charge in [-0.05, 0) is 51.6 Å². The average Bonchev–Trinajstić information content (AvgIpc) is 2.79. The van der Waals surface area contributed by atoms with Gasteiger partial charge in [-0.3, -0.25) is 24.0 Å². The zero-order chi connectivity index (χ0) is 25.2. The van der Waals surface area contributed by atoms with E-state index >= 15 is 0 Å². The zero-order valence-corrected chi connectivity index (χ0v) is 19.7. The predicted octanol–water partition coefficient (Wildman–Crippen LogP) is -3.81. The fraction of sp³-hybridized carbons (Fsp3) is 0.737. The highest BCUT2D eigenvalue weighted by molar-refractivity contribution is 7.80. The first-order chi connectivity index (χ1) is 15.7. The highest BCUT2D eigenvalue weighted by atomic mass is 32.1. The van der Waals surface area contributed by atoms with Crippen LogP contribution in [0, 0.1) is 0 Å². The monoisotopic (exact) mass is 490 g/mol. The van der Waals surface area contributed by atoms with E-state index in [1.165, 1.54) is 0 Å². The molecule has 33 heavy (non-hydrogen) atoms. The summed E-state index contributed by atoms with van der Waals surface area (Å²) in [6.45, 7) is 0.206. The Balaban J connectivity index is 5.30. The van der Waals surface area contributed by atoms with Crippen LogP contribution in [-0.4, -0.2) is 79.6 Å². The third kappa shape index (κ3) is 13.7. The van der Waals surface area contributed by atoms with Crippen LogP contribution >= 0.6 is 12.6 Å². The van der Waals surface area contributed by atoms with E-state index in [0.29, 0.717) is 38.8 Å². The van der Waals surface area contributed by atoms with Gasteiger partial charge in [-0.1, -0.05) is 0 Å². The van der Waals surface area contributed by atoms with E-state index in [9.17, 15) is 24.0 Å². The molecule has 0 aliphatic rings. The Hall–Kier alpha value is -2.42. The molecule has 5 amide bonds. The van der Waals surface area contributed by atoms with Crippen LogP contribution in [-0.2, 0) is 24.0 Å². The van der Waals surface area contributed by atoms with Gasteiger partial charge in [0, 0.05) is 5.75 Å². The smallest absolute Gasteiger partial charge is 0.243 e. The third-order valence-corrected chi connectivity index (χ3v) is 5.02. The molecular formula is C19H38N8O5S. The number of rotatable bonds is 18. The van der Waals surface area contributed by atoms with Crippen molar-refractivity contribution in [2.24, 2.45) is 22.9 Å². The number of unbranched alkanes of at least 4 members (excludes halogenated alkanes) is 2. The highest BCUT2D eigenvalue weighted by Gasteiger charge is 2.28. The van der Waals surface area contributed by atoms with E-state index in [-0.39, 0.29) is 31.7 Å². The SMILES string of the molecule is NCCCC[C@H](NC(=O)CNC(=O)CN)C(=O)N[C@@H](CCCCN)C(=O)N[C@@H](CS)C(N)=O. The van der Waals surface area contributed by atoms with E-state index in [2.05, 4.69) is 33.9 Å². The van der Waals surface area contributed by atoms with E-state index in [1.54, 1.807) is 0 Å².